The average molecular weight is 263 g/mol. The van der Waals surface area contributed by atoms with E-state index >= 15 is 0 Å². The molecule has 1 rings (SSSR count). The van der Waals surface area contributed by atoms with Gasteiger partial charge in [0.1, 0.15) is 11.6 Å². The van der Waals surface area contributed by atoms with Crippen molar-refractivity contribution in [2.24, 2.45) is 5.73 Å². The summed E-state index contributed by atoms with van der Waals surface area (Å²) in [4.78, 5) is -0.109. The molecule has 0 saturated carbocycles. The van der Waals surface area contributed by atoms with Gasteiger partial charge in [0.05, 0.1) is 17.1 Å². The van der Waals surface area contributed by atoms with E-state index in [0.717, 1.165) is 0 Å². The summed E-state index contributed by atoms with van der Waals surface area (Å²) >= 11 is 0. The number of benzene rings is 1. The Morgan fingerprint density at radius 3 is 2.62 bits per heavy atom. The molecule has 3 N–H and O–H groups in total. The predicted molar refractivity (Wildman–Crippen MR) is 61.7 cm³/mol. The molecule has 0 bridgehead atoms. The van der Waals surface area contributed by atoms with Gasteiger partial charge in [0, 0.05) is 10.7 Å². The lowest BCUT2D eigenvalue weighted by atomic mass is 10.2. The van der Waals surface area contributed by atoms with Crippen LogP contribution in [-0.4, -0.2) is 20.9 Å². The first-order valence-electron chi connectivity index (χ1n) is 4.42. The van der Waals surface area contributed by atoms with Gasteiger partial charge in [-0.1, -0.05) is 0 Å². The quantitative estimate of drug-likeness (QED) is 0.486. The predicted octanol–water partition coefficient (Wildman–Crippen LogP) is 1.30. The Morgan fingerprint density at radius 1 is 1.56 bits per heavy atom. The van der Waals surface area contributed by atoms with Crippen LogP contribution in [-0.2, 0) is 9.05 Å². The zero-order chi connectivity index (χ0) is 12.3. The molecule has 0 radical (unpaired) electrons. The third kappa shape index (κ3) is 2.86. The maximum atomic E-state index is 11.1. The molecule has 0 aliphatic heterocycles. The minimum Gasteiger partial charge on any atom is -0.493 e. The number of halogens is 1. The van der Waals surface area contributed by atoms with Gasteiger partial charge in [-0.2, -0.15) is 0 Å². The van der Waals surface area contributed by atoms with Gasteiger partial charge in [0.15, 0.2) is 0 Å². The Morgan fingerprint density at radius 2 is 2.19 bits per heavy atom. The van der Waals surface area contributed by atoms with Gasteiger partial charge in [0.2, 0.25) is 0 Å². The van der Waals surface area contributed by atoms with E-state index in [-0.39, 0.29) is 16.3 Å². The monoisotopic (exact) mass is 262 g/mol. The normalized spacial score (nSPS) is 11.1. The topological polar surface area (TPSA) is 93.2 Å². The van der Waals surface area contributed by atoms with Crippen molar-refractivity contribution in [2.45, 2.75) is 11.8 Å². The highest BCUT2D eigenvalue weighted by Gasteiger charge is 2.14. The van der Waals surface area contributed by atoms with Crippen molar-refractivity contribution in [3.8, 4) is 5.75 Å². The number of nitrogen functional groups attached to an aromatic ring is 1. The van der Waals surface area contributed by atoms with E-state index in [4.69, 9.17) is 26.6 Å². The van der Waals surface area contributed by atoms with Crippen molar-refractivity contribution in [1.82, 2.24) is 0 Å². The van der Waals surface area contributed by atoms with E-state index < -0.39 is 9.05 Å². The molecule has 88 valence electrons. The van der Waals surface area contributed by atoms with E-state index in [2.05, 4.69) is 0 Å². The van der Waals surface area contributed by atoms with Crippen molar-refractivity contribution in [2.75, 3.05) is 6.61 Å². The van der Waals surface area contributed by atoms with E-state index in [1.807, 2.05) is 0 Å². The van der Waals surface area contributed by atoms with Crippen molar-refractivity contribution < 1.29 is 13.2 Å². The van der Waals surface area contributed by atoms with Gasteiger partial charge in [-0.25, -0.2) is 8.42 Å². The Labute approximate surface area is 98.1 Å². The van der Waals surface area contributed by atoms with Crippen LogP contribution in [0.3, 0.4) is 0 Å². The molecular formula is C9H11ClN2O3S. The first-order chi connectivity index (χ1) is 7.36. The molecule has 0 unspecified atom stereocenters. The second-order valence-electron chi connectivity index (χ2n) is 2.94. The van der Waals surface area contributed by atoms with Crippen molar-refractivity contribution >= 4 is 25.6 Å². The summed E-state index contributed by atoms with van der Waals surface area (Å²) in [5, 5.41) is 7.32. The summed E-state index contributed by atoms with van der Waals surface area (Å²) in [6, 6.07) is 3.95. The molecule has 0 aromatic heterocycles. The Kier molecular flexibility index (Phi) is 3.77. The highest BCUT2D eigenvalue weighted by molar-refractivity contribution is 8.13. The lowest BCUT2D eigenvalue weighted by Gasteiger charge is -2.09. The standard InChI is InChI=1S/C9H11ClN2O3S/c1-2-15-8-4-3-6(16(10,13)14)5-7(8)9(11)12/h3-5H,2H2,1H3,(H3,11,12). The average Bonchev–Trinajstić information content (AvgIpc) is 2.16. The molecule has 1 aromatic rings. The van der Waals surface area contributed by atoms with Crippen LogP contribution >= 0.6 is 10.7 Å². The van der Waals surface area contributed by atoms with Crippen molar-refractivity contribution in [3.05, 3.63) is 23.8 Å². The summed E-state index contributed by atoms with van der Waals surface area (Å²) < 4.78 is 27.4. The summed E-state index contributed by atoms with van der Waals surface area (Å²) in [5.41, 5.74) is 5.53. The molecule has 0 amide bonds. The zero-order valence-electron chi connectivity index (χ0n) is 8.53. The zero-order valence-corrected chi connectivity index (χ0v) is 10.1. The molecule has 0 saturated heterocycles. The molecule has 0 aliphatic rings. The number of hydrogen-bond donors (Lipinski definition) is 2. The molecule has 7 heteroatoms. The first kappa shape index (κ1) is 12.8. The lowest BCUT2D eigenvalue weighted by Crippen LogP contribution is -2.14. The van der Waals surface area contributed by atoms with Gasteiger partial charge < -0.3 is 10.5 Å². The Bertz CT molecular complexity index is 513. The third-order valence-corrected chi connectivity index (χ3v) is 3.17. The largest absolute Gasteiger partial charge is 0.493 e. The first-order valence-corrected chi connectivity index (χ1v) is 6.73. The lowest BCUT2D eigenvalue weighted by molar-refractivity contribution is 0.339. The Balaban J connectivity index is 3.34. The molecule has 0 fully saturated rings. The number of ether oxygens (including phenoxy) is 1. The fraction of sp³-hybridized carbons (Fsp3) is 0.222. The maximum Gasteiger partial charge on any atom is 0.261 e. The van der Waals surface area contributed by atoms with Crippen LogP contribution < -0.4 is 10.5 Å². The summed E-state index contributed by atoms with van der Waals surface area (Å²) in [6.45, 7) is 2.17. The fourth-order valence-electron chi connectivity index (χ4n) is 1.15. The van der Waals surface area contributed by atoms with Crippen LogP contribution in [0.2, 0.25) is 0 Å². The minimum absolute atomic E-state index is 0.109. The molecule has 0 aliphatic carbocycles. The Hall–Kier alpha value is -1.27. The second-order valence-corrected chi connectivity index (χ2v) is 5.51. The molecule has 0 heterocycles. The highest BCUT2D eigenvalue weighted by atomic mass is 35.7. The maximum absolute atomic E-state index is 11.1. The molecule has 5 nitrogen and oxygen atoms in total. The van der Waals surface area contributed by atoms with Crippen LogP contribution in [0.4, 0.5) is 0 Å². The SMILES string of the molecule is CCOc1ccc(S(=O)(=O)Cl)cc1C(=N)N. The van der Waals surface area contributed by atoms with E-state index in [0.29, 0.717) is 12.4 Å². The van der Waals surface area contributed by atoms with Crippen LogP contribution in [0.25, 0.3) is 0 Å². The number of hydrogen-bond acceptors (Lipinski definition) is 4. The number of rotatable bonds is 4. The van der Waals surface area contributed by atoms with Crippen LogP contribution in [0.15, 0.2) is 23.1 Å². The summed E-state index contributed by atoms with van der Waals surface area (Å²) in [6.07, 6.45) is 0. The fourth-order valence-corrected chi connectivity index (χ4v) is 1.93. The molecular weight excluding hydrogens is 252 g/mol. The second kappa shape index (κ2) is 4.71. The molecule has 0 spiro atoms. The van der Waals surface area contributed by atoms with E-state index in [9.17, 15) is 8.42 Å². The number of amidine groups is 1. The van der Waals surface area contributed by atoms with Gasteiger partial charge in [-0.3, -0.25) is 5.41 Å². The highest BCUT2D eigenvalue weighted by Crippen LogP contribution is 2.24. The summed E-state index contributed by atoms with van der Waals surface area (Å²) in [5.74, 6) is 0.0877. The van der Waals surface area contributed by atoms with Gasteiger partial charge >= 0.3 is 0 Å². The minimum atomic E-state index is -3.83. The molecule has 16 heavy (non-hydrogen) atoms. The molecule has 0 atom stereocenters. The van der Waals surface area contributed by atoms with E-state index in [1.54, 1.807) is 6.92 Å². The van der Waals surface area contributed by atoms with Crippen molar-refractivity contribution in [1.29, 1.82) is 5.41 Å². The van der Waals surface area contributed by atoms with Crippen LogP contribution in [0.1, 0.15) is 12.5 Å². The van der Waals surface area contributed by atoms with Crippen molar-refractivity contribution in [3.63, 3.8) is 0 Å². The van der Waals surface area contributed by atoms with E-state index in [1.165, 1.54) is 18.2 Å². The smallest absolute Gasteiger partial charge is 0.261 e. The van der Waals surface area contributed by atoms with Gasteiger partial charge in [-0.15, -0.1) is 0 Å². The number of nitrogens with one attached hydrogen (secondary N) is 1. The third-order valence-electron chi connectivity index (χ3n) is 1.82. The molecule has 1 aromatic carbocycles. The van der Waals surface area contributed by atoms with Gasteiger partial charge in [-0.05, 0) is 25.1 Å². The number of nitrogens with two attached hydrogens (primary N) is 1. The van der Waals surface area contributed by atoms with Crippen LogP contribution in [0.5, 0.6) is 5.75 Å². The van der Waals surface area contributed by atoms with Gasteiger partial charge in [0.25, 0.3) is 9.05 Å². The summed E-state index contributed by atoms with van der Waals surface area (Å²) in [7, 11) is 1.36. The van der Waals surface area contributed by atoms with Crippen LogP contribution in [0, 0.1) is 5.41 Å².